The molecule has 0 atom stereocenters. The fraction of sp³-hybridized carbons (Fsp3) is 0.467. The summed E-state index contributed by atoms with van der Waals surface area (Å²) < 4.78 is 71.5. The van der Waals surface area contributed by atoms with Crippen LogP contribution in [0.5, 0.6) is 0 Å². The molecule has 158 valence electrons. The number of rotatable bonds is 8. The van der Waals surface area contributed by atoms with Crippen molar-refractivity contribution in [2.75, 3.05) is 42.2 Å². The molecule has 0 aliphatic carbocycles. The van der Waals surface area contributed by atoms with Gasteiger partial charge in [0, 0.05) is 17.3 Å². The lowest BCUT2D eigenvalue weighted by molar-refractivity contribution is -0.137. The number of pyridine rings is 1. The Labute approximate surface area is 172 Å². The SMILES string of the molecule is CS(C)(C)CCOCN(c1cscn1)S(=O)(=O)c1cc(C(F)(F)F)c(Cl)cn1. The van der Waals surface area contributed by atoms with Gasteiger partial charge in [-0.05, 0) is 24.8 Å². The van der Waals surface area contributed by atoms with E-state index < -0.39 is 48.6 Å². The summed E-state index contributed by atoms with van der Waals surface area (Å²) in [7, 11) is -5.30. The summed E-state index contributed by atoms with van der Waals surface area (Å²) >= 11 is 6.67. The van der Waals surface area contributed by atoms with Crippen LogP contribution in [-0.4, -0.2) is 56.2 Å². The van der Waals surface area contributed by atoms with E-state index in [1.807, 2.05) is 0 Å². The van der Waals surface area contributed by atoms with E-state index in [1.54, 1.807) is 0 Å². The van der Waals surface area contributed by atoms with Crippen molar-refractivity contribution < 1.29 is 26.3 Å². The first-order chi connectivity index (χ1) is 12.8. The lowest BCUT2D eigenvalue weighted by Gasteiger charge is -2.26. The first-order valence-corrected chi connectivity index (χ1v) is 13.5. The van der Waals surface area contributed by atoms with Gasteiger partial charge in [-0.3, -0.25) is 0 Å². The standard InChI is InChI=1S/C15H19ClF3N3O3S3/c1-27(2,3)5-4-25-10-22(13-8-26-9-21-13)28(23,24)14-6-11(15(17,18)19)12(16)7-20-14/h6-9H,4-5,10H2,1-3H3. The maximum Gasteiger partial charge on any atom is 0.418 e. The zero-order valence-corrected chi connectivity index (χ0v) is 18.4. The number of halogens is 4. The fourth-order valence-electron chi connectivity index (χ4n) is 1.94. The third-order valence-corrected chi connectivity index (χ3v) is 7.30. The molecule has 0 aromatic carbocycles. The Kier molecular flexibility index (Phi) is 7.24. The van der Waals surface area contributed by atoms with E-state index in [0.717, 1.165) is 21.4 Å². The number of thiazole rings is 1. The minimum atomic E-state index is -4.82. The van der Waals surface area contributed by atoms with E-state index in [0.29, 0.717) is 18.9 Å². The molecular formula is C15H19ClF3N3O3S3. The molecule has 2 rings (SSSR count). The second-order valence-corrected chi connectivity index (χ2v) is 14.1. The van der Waals surface area contributed by atoms with Gasteiger partial charge in [-0.1, -0.05) is 11.6 Å². The number of nitrogens with zero attached hydrogens (tertiary/aromatic N) is 3. The smallest absolute Gasteiger partial charge is 0.359 e. The average Bonchev–Trinajstić information content (AvgIpc) is 3.06. The predicted molar refractivity (Wildman–Crippen MR) is 107 cm³/mol. The topological polar surface area (TPSA) is 72.4 Å². The van der Waals surface area contributed by atoms with E-state index in [1.165, 1.54) is 10.9 Å². The van der Waals surface area contributed by atoms with E-state index in [9.17, 15) is 21.6 Å². The summed E-state index contributed by atoms with van der Waals surface area (Å²) in [6, 6.07) is 0.413. The highest BCUT2D eigenvalue weighted by atomic mass is 35.5. The molecular weight excluding hydrogens is 459 g/mol. The normalized spacial score (nSPS) is 13.5. The molecule has 2 heterocycles. The molecule has 0 aliphatic heterocycles. The Bertz CT molecular complexity index is 901. The summed E-state index contributed by atoms with van der Waals surface area (Å²) in [5, 5.41) is -0.0189. The van der Waals surface area contributed by atoms with Gasteiger partial charge in [-0.15, -0.1) is 11.3 Å². The summed E-state index contributed by atoms with van der Waals surface area (Å²) in [4.78, 5) is 7.52. The highest BCUT2D eigenvalue weighted by molar-refractivity contribution is 8.32. The quantitative estimate of drug-likeness (QED) is 0.423. The highest BCUT2D eigenvalue weighted by Gasteiger charge is 2.36. The Morgan fingerprint density at radius 3 is 2.46 bits per heavy atom. The van der Waals surface area contributed by atoms with Crippen LogP contribution in [0.15, 0.2) is 28.2 Å². The van der Waals surface area contributed by atoms with Crippen molar-refractivity contribution in [1.82, 2.24) is 9.97 Å². The second-order valence-electron chi connectivity index (χ2n) is 6.53. The van der Waals surface area contributed by atoms with Gasteiger partial charge in [-0.25, -0.2) is 24.3 Å². The van der Waals surface area contributed by atoms with Crippen LogP contribution in [0.3, 0.4) is 0 Å². The maximum absolute atomic E-state index is 13.1. The van der Waals surface area contributed by atoms with Crippen LogP contribution < -0.4 is 4.31 Å². The Hall–Kier alpha value is -1.08. The van der Waals surface area contributed by atoms with Gasteiger partial charge in [0.05, 0.1) is 22.7 Å². The number of hydrogen-bond donors (Lipinski definition) is 0. The molecule has 13 heteroatoms. The third kappa shape index (κ3) is 5.96. The number of ether oxygens (including phenoxy) is 1. The van der Waals surface area contributed by atoms with Crippen molar-refractivity contribution in [3.05, 3.63) is 33.7 Å². The Morgan fingerprint density at radius 2 is 1.93 bits per heavy atom. The van der Waals surface area contributed by atoms with Crippen LogP contribution in [0.2, 0.25) is 5.02 Å². The molecule has 0 fully saturated rings. The summed E-state index contributed by atoms with van der Waals surface area (Å²) in [5.41, 5.74) is 0.131. The molecule has 0 amide bonds. The van der Waals surface area contributed by atoms with Crippen molar-refractivity contribution >= 4 is 48.8 Å². The number of aromatic nitrogens is 2. The van der Waals surface area contributed by atoms with Crippen molar-refractivity contribution in [2.45, 2.75) is 11.2 Å². The van der Waals surface area contributed by atoms with Crippen molar-refractivity contribution in [2.24, 2.45) is 0 Å². The summed E-state index contributed by atoms with van der Waals surface area (Å²) in [5.74, 6) is 0.786. The van der Waals surface area contributed by atoms with Crippen LogP contribution in [0.4, 0.5) is 19.0 Å². The maximum atomic E-state index is 13.1. The van der Waals surface area contributed by atoms with Gasteiger partial charge >= 0.3 is 6.18 Å². The van der Waals surface area contributed by atoms with Gasteiger partial charge in [0.25, 0.3) is 10.0 Å². The van der Waals surface area contributed by atoms with Crippen molar-refractivity contribution in [3.63, 3.8) is 0 Å². The van der Waals surface area contributed by atoms with Crippen LogP contribution in [0.25, 0.3) is 0 Å². The van der Waals surface area contributed by atoms with Gasteiger partial charge in [0.2, 0.25) is 0 Å². The zero-order valence-electron chi connectivity index (χ0n) is 15.2. The van der Waals surface area contributed by atoms with E-state index >= 15 is 0 Å². The molecule has 6 nitrogen and oxygen atoms in total. The summed E-state index contributed by atoms with van der Waals surface area (Å²) in [6.07, 6.45) is 2.10. The highest BCUT2D eigenvalue weighted by Crippen LogP contribution is 2.36. The molecule has 0 spiro atoms. The van der Waals surface area contributed by atoms with E-state index in [2.05, 4.69) is 28.7 Å². The lowest BCUT2D eigenvalue weighted by Crippen LogP contribution is -2.34. The molecule has 0 saturated carbocycles. The predicted octanol–water partition coefficient (Wildman–Crippen LogP) is 4.07. The molecule has 0 bridgehead atoms. The van der Waals surface area contributed by atoms with Crippen molar-refractivity contribution in [3.8, 4) is 0 Å². The van der Waals surface area contributed by atoms with Crippen LogP contribution in [-0.2, 0) is 20.9 Å². The molecule has 0 unspecified atom stereocenters. The largest absolute Gasteiger partial charge is 0.418 e. The number of anilines is 1. The summed E-state index contributed by atoms with van der Waals surface area (Å²) in [6.45, 7) is -0.0932. The molecule has 0 saturated heterocycles. The van der Waals surface area contributed by atoms with Gasteiger partial charge in [0.15, 0.2) is 10.8 Å². The zero-order chi connectivity index (χ0) is 21.2. The lowest BCUT2D eigenvalue weighted by atomic mass is 10.2. The number of hydrogen-bond acceptors (Lipinski definition) is 6. The average molecular weight is 478 g/mol. The van der Waals surface area contributed by atoms with Gasteiger partial charge in [0.1, 0.15) is 6.73 Å². The second kappa shape index (κ2) is 8.74. The monoisotopic (exact) mass is 477 g/mol. The van der Waals surface area contributed by atoms with Crippen LogP contribution in [0.1, 0.15) is 5.56 Å². The first kappa shape index (κ1) is 23.2. The fourth-order valence-corrected chi connectivity index (χ4v) is 4.61. The molecule has 0 aliphatic rings. The molecule has 2 aromatic rings. The van der Waals surface area contributed by atoms with Gasteiger partial charge in [-0.2, -0.15) is 21.6 Å². The van der Waals surface area contributed by atoms with Crippen LogP contribution in [0, 0.1) is 0 Å². The van der Waals surface area contributed by atoms with Crippen molar-refractivity contribution in [1.29, 1.82) is 0 Å². The Balaban J connectivity index is 2.34. The number of sulfonamides is 1. The third-order valence-electron chi connectivity index (χ3n) is 3.41. The van der Waals surface area contributed by atoms with E-state index in [-0.39, 0.29) is 5.82 Å². The molecule has 28 heavy (non-hydrogen) atoms. The number of alkyl halides is 3. The minimum Gasteiger partial charge on any atom is -0.359 e. The Morgan fingerprint density at radius 1 is 1.25 bits per heavy atom. The molecule has 0 radical (unpaired) electrons. The van der Waals surface area contributed by atoms with Crippen LogP contribution >= 0.6 is 33.0 Å². The van der Waals surface area contributed by atoms with E-state index in [4.69, 9.17) is 16.3 Å². The first-order valence-electron chi connectivity index (χ1n) is 7.70. The molecule has 2 aromatic heterocycles. The molecule has 0 N–H and O–H groups in total. The minimum absolute atomic E-state index is 0.0402. The van der Waals surface area contributed by atoms with Gasteiger partial charge < -0.3 is 4.74 Å².